The van der Waals surface area contributed by atoms with Crippen molar-refractivity contribution in [2.45, 2.75) is 77.6 Å². The number of likely N-dealkylation sites (N-methyl/N-ethyl adjacent to an activating group) is 1. The van der Waals surface area contributed by atoms with E-state index in [1.807, 2.05) is 0 Å². The highest BCUT2D eigenvalue weighted by Gasteiger charge is 2.48. The van der Waals surface area contributed by atoms with Gasteiger partial charge in [-0.3, -0.25) is 14.4 Å². The van der Waals surface area contributed by atoms with Gasteiger partial charge in [-0.2, -0.15) is 0 Å². The molecule has 12 nitrogen and oxygen atoms in total. The number of carbonyl (C=O) groups is 5. The van der Waals surface area contributed by atoms with Crippen molar-refractivity contribution in [2.24, 2.45) is 5.92 Å². The second-order valence-electron chi connectivity index (χ2n) is 9.95. The van der Waals surface area contributed by atoms with Crippen molar-refractivity contribution in [1.29, 1.82) is 0 Å². The van der Waals surface area contributed by atoms with E-state index in [9.17, 15) is 24.0 Å². The molecule has 5 amide bonds. The highest BCUT2D eigenvalue weighted by Crippen LogP contribution is 2.29. The maximum absolute atomic E-state index is 13.6. The molecule has 0 saturated carbocycles. The number of ether oxygens (including phenoxy) is 2. The van der Waals surface area contributed by atoms with Crippen LogP contribution in [0.4, 0.5) is 9.59 Å². The van der Waals surface area contributed by atoms with Crippen molar-refractivity contribution in [3.05, 3.63) is 12.7 Å². The number of rotatable bonds is 8. The molecule has 36 heavy (non-hydrogen) atoms. The van der Waals surface area contributed by atoms with E-state index < -0.39 is 59.0 Å². The van der Waals surface area contributed by atoms with Gasteiger partial charge in [0.25, 0.3) is 0 Å². The summed E-state index contributed by atoms with van der Waals surface area (Å²) in [6, 6.07) is -1.89. The maximum atomic E-state index is 13.6. The highest BCUT2D eigenvalue weighted by atomic mass is 16.6. The van der Waals surface area contributed by atoms with Crippen LogP contribution in [0.15, 0.2) is 12.7 Å². The van der Waals surface area contributed by atoms with Gasteiger partial charge in [0.2, 0.25) is 17.7 Å². The molecule has 0 spiro atoms. The molecule has 0 aromatic carbocycles. The topological polar surface area (TPSA) is 155 Å². The van der Waals surface area contributed by atoms with Gasteiger partial charge in [-0.15, -0.1) is 0 Å². The fourth-order valence-corrected chi connectivity index (χ4v) is 3.83. The Balaban J connectivity index is 3.19. The minimum absolute atomic E-state index is 0.0452. The molecule has 12 heteroatoms. The Morgan fingerprint density at radius 3 is 2.28 bits per heavy atom. The molecule has 4 atom stereocenters. The largest absolute Gasteiger partial charge is 0.445 e. The quantitative estimate of drug-likeness (QED) is 0.355. The van der Waals surface area contributed by atoms with Gasteiger partial charge in [0, 0.05) is 26.1 Å². The Morgan fingerprint density at radius 2 is 1.72 bits per heavy atom. The summed E-state index contributed by atoms with van der Waals surface area (Å²) in [5.41, 5.74) is -2.21. The van der Waals surface area contributed by atoms with Gasteiger partial charge in [-0.05, 0) is 47.5 Å². The molecule has 4 N–H and O–H groups in total. The first-order chi connectivity index (χ1) is 16.7. The Bertz CT molecular complexity index is 841. The molecule has 1 fully saturated rings. The standard InChI is InChI=1S/C24H41N5O7/c1-9-13-35-22(34)29-12-10-11-24(15(2)14-29,20(32)26-16(3)18(30)25-8)28-19(31)17(4)27-21(33)36-23(5,6)7/h9,15-17H,1,10-14H2,2-8H3,(H,25,30)(H,26,32)(H,27,33)(H,28,31)/t15-,16+,17+,24+/m1/s1. The average molecular weight is 512 g/mol. The predicted molar refractivity (Wildman–Crippen MR) is 133 cm³/mol. The van der Waals surface area contributed by atoms with Crippen LogP contribution in [0.25, 0.3) is 0 Å². The summed E-state index contributed by atoms with van der Waals surface area (Å²) in [4.78, 5) is 64.8. The number of carbonyl (C=O) groups excluding carboxylic acids is 5. The minimum atomic E-state index is -1.46. The second kappa shape index (κ2) is 13.1. The predicted octanol–water partition coefficient (Wildman–Crippen LogP) is 1.06. The second-order valence-corrected chi connectivity index (χ2v) is 9.95. The van der Waals surface area contributed by atoms with E-state index in [2.05, 4.69) is 27.8 Å². The van der Waals surface area contributed by atoms with Crippen molar-refractivity contribution < 1.29 is 33.4 Å². The number of alkyl carbamates (subject to hydrolysis) is 1. The third-order valence-electron chi connectivity index (χ3n) is 5.78. The van der Waals surface area contributed by atoms with Gasteiger partial charge in [-0.25, -0.2) is 9.59 Å². The van der Waals surface area contributed by atoms with Gasteiger partial charge in [-0.1, -0.05) is 19.6 Å². The van der Waals surface area contributed by atoms with Crippen LogP contribution in [0.2, 0.25) is 0 Å². The van der Waals surface area contributed by atoms with Crippen molar-refractivity contribution in [1.82, 2.24) is 26.2 Å². The van der Waals surface area contributed by atoms with Crippen molar-refractivity contribution in [3.8, 4) is 0 Å². The summed E-state index contributed by atoms with van der Waals surface area (Å²) in [6.07, 6.45) is 0.695. The molecule has 0 aromatic rings. The van der Waals surface area contributed by atoms with Crippen LogP contribution in [0, 0.1) is 5.92 Å². The average Bonchev–Trinajstić information content (AvgIpc) is 2.94. The summed E-state index contributed by atoms with van der Waals surface area (Å²) < 4.78 is 10.4. The number of nitrogens with one attached hydrogen (secondary N) is 4. The Kier molecular flexibility index (Phi) is 11.2. The fraction of sp³-hybridized carbons (Fsp3) is 0.708. The summed E-state index contributed by atoms with van der Waals surface area (Å²) in [6.45, 7) is 13.8. The van der Waals surface area contributed by atoms with Crippen LogP contribution in [-0.4, -0.2) is 84.8 Å². The number of amides is 5. The van der Waals surface area contributed by atoms with Crippen LogP contribution < -0.4 is 21.3 Å². The van der Waals surface area contributed by atoms with E-state index >= 15 is 0 Å². The molecular weight excluding hydrogens is 470 g/mol. The monoisotopic (exact) mass is 511 g/mol. The van der Waals surface area contributed by atoms with Gasteiger partial charge < -0.3 is 35.6 Å². The van der Waals surface area contributed by atoms with Crippen LogP contribution in [0.1, 0.15) is 54.4 Å². The molecule has 0 aromatic heterocycles. The lowest BCUT2D eigenvalue weighted by molar-refractivity contribution is -0.138. The molecule has 1 heterocycles. The first-order valence-electron chi connectivity index (χ1n) is 12.0. The van der Waals surface area contributed by atoms with Crippen LogP contribution in [0.3, 0.4) is 0 Å². The zero-order chi connectivity index (χ0) is 27.7. The third kappa shape index (κ3) is 8.72. The molecule has 204 valence electrons. The molecule has 1 rings (SSSR count). The van der Waals surface area contributed by atoms with E-state index in [1.165, 1.54) is 31.9 Å². The van der Waals surface area contributed by atoms with Crippen LogP contribution >= 0.6 is 0 Å². The van der Waals surface area contributed by atoms with E-state index in [0.29, 0.717) is 13.0 Å². The summed E-state index contributed by atoms with van der Waals surface area (Å²) in [5, 5.41) is 10.4. The third-order valence-corrected chi connectivity index (χ3v) is 5.78. The van der Waals surface area contributed by atoms with Crippen molar-refractivity contribution >= 4 is 29.9 Å². The maximum Gasteiger partial charge on any atom is 0.410 e. The molecule has 0 radical (unpaired) electrons. The highest BCUT2D eigenvalue weighted by molar-refractivity contribution is 5.96. The molecule has 0 bridgehead atoms. The summed E-state index contributed by atoms with van der Waals surface area (Å²) in [7, 11) is 1.45. The molecular formula is C24H41N5O7. The lowest BCUT2D eigenvalue weighted by Crippen LogP contribution is -2.67. The molecule has 1 aliphatic heterocycles. The van der Waals surface area contributed by atoms with Gasteiger partial charge in [0.05, 0.1) is 0 Å². The molecule has 0 aliphatic carbocycles. The summed E-state index contributed by atoms with van der Waals surface area (Å²) >= 11 is 0. The Morgan fingerprint density at radius 1 is 1.11 bits per heavy atom. The van der Waals surface area contributed by atoms with Crippen molar-refractivity contribution in [3.63, 3.8) is 0 Å². The smallest absolute Gasteiger partial charge is 0.410 e. The number of likely N-dealkylation sites (tertiary alicyclic amines) is 1. The lowest BCUT2D eigenvalue weighted by Gasteiger charge is -2.39. The number of hydrogen-bond donors (Lipinski definition) is 4. The molecule has 0 unspecified atom stereocenters. The van der Waals surface area contributed by atoms with E-state index in [1.54, 1.807) is 27.7 Å². The van der Waals surface area contributed by atoms with Gasteiger partial charge >= 0.3 is 12.2 Å². The molecule has 1 saturated heterocycles. The van der Waals surface area contributed by atoms with Crippen molar-refractivity contribution in [2.75, 3.05) is 26.7 Å². The van der Waals surface area contributed by atoms with Crippen LogP contribution in [0.5, 0.6) is 0 Å². The van der Waals surface area contributed by atoms with Gasteiger partial charge in [0.15, 0.2) is 0 Å². The zero-order valence-corrected chi connectivity index (χ0v) is 22.4. The number of nitrogens with zero attached hydrogens (tertiary/aromatic N) is 1. The Hall–Kier alpha value is -3.31. The van der Waals surface area contributed by atoms with E-state index in [0.717, 1.165) is 0 Å². The summed E-state index contributed by atoms with van der Waals surface area (Å²) in [5.74, 6) is -2.14. The van der Waals surface area contributed by atoms with Crippen LogP contribution in [-0.2, 0) is 23.9 Å². The SMILES string of the molecule is C=CCOC(=O)N1CCC[C@@](NC(=O)[C@H](C)NC(=O)OC(C)(C)C)(C(=O)N[C@@H](C)C(=O)NC)[C@H](C)C1. The molecule has 1 aliphatic rings. The first-order valence-corrected chi connectivity index (χ1v) is 12.0. The Labute approximate surface area is 212 Å². The lowest BCUT2D eigenvalue weighted by atomic mass is 9.80. The first kappa shape index (κ1) is 30.7. The number of hydrogen-bond acceptors (Lipinski definition) is 7. The normalized spacial score (nSPS) is 21.6. The zero-order valence-electron chi connectivity index (χ0n) is 22.4. The van der Waals surface area contributed by atoms with Gasteiger partial charge in [0.1, 0.15) is 29.8 Å². The minimum Gasteiger partial charge on any atom is -0.445 e. The fourth-order valence-electron chi connectivity index (χ4n) is 3.83. The van der Waals surface area contributed by atoms with E-state index in [-0.39, 0.29) is 19.6 Å². The van der Waals surface area contributed by atoms with E-state index in [4.69, 9.17) is 9.47 Å².